The van der Waals surface area contributed by atoms with Crippen molar-refractivity contribution in [1.29, 1.82) is 0 Å². The third-order valence-electron chi connectivity index (χ3n) is 13.9. The van der Waals surface area contributed by atoms with Crippen LogP contribution in [0.2, 0.25) is 0 Å². The summed E-state index contributed by atoms with van der Waals surface area (Å²) in [7, 11) is 0.851. The molecule has 41 heteroatoms. The molecule has 4 atom stereocenters. The highest BCUT2D eigenvalue weighted by Crippen LogP contribution is 2.42. The lowest BCUT2D eigenvalue weighted by Gasteiger charge is -2.08. The number of phosphoric ester groups is 1. The Hall–Kier alpha value is -3.16. The van der Waals surface area contributed by atoms with E-state index >= 15 is 0 Å². The number of carbonyl (C=O) groups excluding carboxylic acids is 6. The second kappa shape index (κ2) is 86.7. The molecule has 0 spiro atoms. The molecule has 110 heavy (non-hydrogen) atoms. The number of nitrogens with one attached hydrogen (secondary N) is 3. The summed E-state index contributed by atoms with van der Waals surface area (Å²) < 4.78 is 87.8. The molecule has 0 radical (unpaired) electrons. The molecule has 2 aromatic heterocycles. The molecule has 35 nitrogen and oxygen atoms in total. The molecule has 0 aliphatic carbocycles. The smallest absolute Gasteiger partial charge is 0.379 e. The zero-order chi connectivity index (χ0) is 82.1. The van der Waals surface area contributed by atoms with E-state index in [1.807, 2.05) is 52.6 Å². The number of aryl methyl sites for hydroxylation is 2. The van der Waals surface area contributed by atoms with Gasteiger partial charge in [-0.1, -0.05) is 107 Å². The number of ketones is 3. The van der Waals surface area contributed by atoms with Crippen LogP contribution < -0.4 is 38.9 Å². The molecule has 0 fully saturated rings. The van der Waals surface area contributed by atoms with Gasteiger partial charge in [0.2, 0.25) is 17.7 Å². The molecule has 0 aliphatic heterocycles. The van der Waals surface area contributed by atoms with E-state index < -0.39 is 15.4 Å². The quantitative estimate of drug-likeness (QED) is 0.0185. The van der Waals surface area contributed by atoms with Crippen LogP contribution in [0.3, 0.4) is 0 Å². The first-order valence-electron chi connectivity index (χ1n) is 37.3. The van der Waals surface area contributed by atoms with Crippen LogP contribution in [-0.4, -0.2) is 289 Å². The predicted molar refractivity (Wildman–Crippen MR) is 439 cm³/mol. The molecule has 2 unspecified atom stereocenters. The molecule has 2 heterocycles. The van der Waals surface area contributed by atoms with Crippen LogP contribution in [0, 0.1) is 13.8 Å². The van der Waals surface area contributed by atoms with Crippen molar-refractivity contribution in [2.24, 2.45) is 22.9 Å². The number of unbranched alkanes of at least 4 members (excludes halogenated alkanes) is 6. The Morgan fingerprint density at radius 1 is 0.473 bits per heavy atom. The van der Waals surface area contributed by atoms with Gasteiger partial charge >= 0.3 is 15.4 Å². The van der Waals surface area contributed by atoms with Gasteiger partial charge in [0, 0.05) is 95.5 Å². The molecule has 0 saturated heterocycles. The van der Waals surface area contributed by atoms with Crippen molar-refractivity contribution in [3.05, 3.63) is 23.8 Å². The maximum atomic E-state index is 11.8. The second-order valence-corrected chi connectivity index (χ2v) is 32.4. The summed E-state index contributed by atoms with van der Waals surface area (Å²) in [5.41, 5.74) is 22.9. The van der Waals surface area contributed by atoms with Gasteiger partial charge in [0.25, 0.3) is 0 Å². The van der Waals surface area contributed by atoms with Crippen molar-refractivity contribution in [2.45, 2.75) is 184 Å². The lowest BCUT2D eigenvalue weighted by atomic mass is 10.2. The molecule has 0 bridgehead atoms. The molecular formula is C69H143N13O22P2S4. The van der Waals surface area contributed by atoms with Gasteiger partial charge < -0.3 is 95.8 Å². The van der Waals surface area contributed by atoms with Gasteiger partial charge in [-0.25, -0.2) is 13.9 Å². The minimum Gasteiger partial charge on any atom is -0.379 e. The number of ether oxygens (including phenoxy) is 9. The molecule has 3 amide bonds. The zero-order valence-corrected chi connectivity index (χ0v) is 72.0. The highest BCUT2D eigenvalue weighted by molar-refractivity contribution is 8.76. The van der Waals surface area contributed by atoms with E-state index in [1.165, 1.54) is 13.8 Å². The Balaban J connectivity index is -0.000000448. The molecule has 650 valence electrons. The normalized spacial score (nSPS) is 12.4. The van der Waals surface area contributed by atoms with E-state index in [1.54, 1.807) is 59.5 Å². The van der Waals surface area contributed by atoms with Gasteiger partial charge in [0.1, 0.15) is 17.3 Å². The summed E-state index contributed by atoms with van der Waals surface area (Å²) in [5.74, 6) is 1.99. The average Bonchev–Trinajstić information content (AvgIpc) is 1.68. The van der Waals surface area contributed by atoms with Gasteiger partial charge in [-0.05, 0) is 98.2 Å². The first-order chi connectivity index (χ1) is 52.3. The van der Waals surface area contributed by atoms with E-state index in [0.717, 1.165) is 101 Å². The number of nitrogens with zero attached hydrogens (tertiary/aromatic N) is 6. The third-order valence-corrected chi connectivity index (χ3v) is 19.9. The number of hydrogen-bond donors (Lipinski definition) is 9. The van der Waals surface area contributed by atoms with Gasteiger partial charge in [0.05, 0.1) is 162 Å². The molecule has 0 aromatic carbocycles. The molecule has 13 N–H and O–H groups in total. The van der Waals surface area contributed by atoms with Crippen molar-refractivity contribution in [2.75, 3.05) is 202 Å². The fourth-order valence-electron chi connectivity index (χ4n) is 7.47. The van der Waals surface area contributed by atoms with Crippen LogP contribution in [0.15, 0.2) is 12.4 Å². The number of aromatic nitrogens is 6. The Bertz CT molecular complexity index is 2480. The SMILES string of the molecule is C.CCP(=O)(O)OCCCCCCN.CC[C@H](N)C(C)=O.CC[C@H](N)C(C)=O.COP(=O)(O)OCCCCCCN.CSSCCC(=O)CCCOCCOCCC(=O)NCCOCCOCCOCCn1cc(C)nn1.CSSCCC(=O)NCCOCCOCCC(=O)NCCOCCOCCn1cc(C)nn1. The average molecular weight is 1700 g/mol. The summed E-state index contributed by atoms with van der Waals surface area (Å²) in [4.78, 5) is 85.0. The summed E-state index contributed by atoms with van der Waals surface area (Å²) in [5, 5.41) is 24.1. The zero-order valence-electron chi connectivity index (χ0n) is 66.9. The topological polar surface area (TPSA) is 489 Å². The van der Waals surface area contributed by atoms with E-state index in [0.29, 0.717) is 197 Å². The van der Waals surface area contributed by atoms with Crippen LogP contribution in [0.4, 0.5) is 0 Å². The van der Waals surface area contributed by atoms with Crippen molar-refractivity contribution in [3.63, 3.8) is 0 Å². The molecule has 2 rings (SSSR count). The minimum atomic E-state index is -3.75. The number of hydrogen-bond acceptors (Lipinski definition) is 32. The number of amides is 3. The Morgan fingerprint density at radius 3 is 1.15 bits per heavy atom. The van der Waals surface area contributed by atoms with E-state index in [9.17, 15) is 37.9 Å². The van der Waals surface area contributed by atoms with Crippen molar-refractivity contribution in [3.8, 4) is 0 Å². The largest absolute Gasteiger partial charge is 0.471 e. The van der Waals surface area contributed by atoms with Crippen LogP contribution in [-0.2, 0) is 107 Å². The van der Waals surface area contributed by atoms with Crippen LogP contribution in [0.1, 0.15) is 156 Å². The van der Waals surface area contributed by atoms with Crippen molar-refractivity contribution >= 4 is 93.7 Å². The number of Topliss-reactive ketones (excluding diaryl/α,β-unsaturated/α-hetero) is 3. The van der Waals surface area contributed by atoms with Gasteiger partial charge in [-0.2, -0.15) is 0 Å². The first-order valence-corrected chi connectivity index (χ1v) is 46.0. The van der Waals surface area contributed by atoms with Crippen molar-refractivity contribution in [1.82, 2.24) is 45.9 Å². The second-order valence-electron chi connectivity index (χ2n) is 23.4. The molecule has 0 aliphatic rings. The third kappa shape index (κ3) is 90.4. The number of rotatable bonds is 68. The van der Waals surface area contributed by atoms with Gasteiger partial charge in [0.15, 0.2) is 0 Å². The van der Waals surface area contributed by atoms with Crippen LogP contribution in [0.5, 0.6) is 0 Å². The number of nitrogens with two attached hydrogens (primary N) is 4. The maximum Gasteiger partial charge on any atom is 0.471 e. The fraction of sp³-hybridized carbons (Fsp3) is 0.855. The minimum absolute atomic E-state index is 0. The maximum absolute atomic E-state index is 11.8. The highest BCUT2D eigenvalue weighted by atomic mass is 33.1. The molecule has 0 saturated carbocycles. The highest BCUT2D eigenvalue weighted by Gasteiger charge is 2.18. The Kier molecular flexibility index (Phi) is 90.9. The predicted octanol–water partition coefficient (Wildman–Crippen LogP) is 6.86. The van der Waals surface area contributed by atoms with E-state index in [-0.39, 0.29) is 73.8 Å². The Morgan fingerprint density at radius 2 is 0.818 bits per heavy atom. The molecule has 2 aromatic rings. The van der Waals surface area contributed by atoms with Crippen LogP contribution >= 0.6 is 58.6 Å². The van der Waals surface area contributed by atoms with Crippen LogP contribution in [0.25, 0.3) is 0 Å². The van der Waals surface area contributed by atoms with Gasteiger partial charge in [-0.3, -0.25) is 42.4 Å². The number of carbonyl (C=O) groups is 6. The monoisotopic (exact) mass is 1700 g/mol. The Labute approximate surface area is 672 Å². The van der Waals surface area contributed by atoms with Crippen molar-refractivity contribution < 1.29 is 104 Å². The van der Waals surface area contributed by atoms with E-state index in [4.69, 9.17) is 79.9 Å². The lowest BCUT2D eigenvalue weighted by Crippen LogP contribution is -2.29. The van der Waals surface area contributed by atoms with E-state index in [2.05, 4.69) is 45.6 Å². The van der Waals surface area contributed by atoms with Gasteiger partial charge in [-0.15, -0.1) is 10.2 Å². The summed E-state index contributed by atoms with van der Waals surface area (Å²) >= 11 is 0. The summed E-state index contributed by atoms with van der Waals surface area (Å²) in [6, 6.07) is -0.472. The number of phosphoric acid groups is 1. The standard InChI is InChI=1S/C23H42N4O7S2.C20H37N5O6S2.C8H20NO3P.C7H18NO4P.2C5H11NO.CH4/c1-21-20-27(26-25-21)8-12-33-16-18-34-17-15-32-11-7-24-23(29)5-10-31-14-13-30-9-3-4-22(28)6-19-36-35-2;1-18-17-25(24-23-18)7-11-31-15-14-30-9-5-21-19(26)3-8-28-12-13-29-10-6-22-20(27)4-16-33-32-2;1-2-13(10,11)12-8-6-4-3-5-7-9;1-11-13(9,10)12-7-5-3-2-4-6-8;2*1-3-5(6)4(2)7;/h20H,3-19H2,1-2H3,(H,24,29);17H,3-16H2,1-2H3,(H,21,26)(H,22,27);2-9H2,1H3,(H,10,11);2-8H2,1H3,(H,9,10);2*5H,3,6H2,1-2H3;1H4/t;;;;2*5-;/m....00./s1. The fourth-order valence-corrected chi connectivity index (χ4v) is 10.9. The lowest BCUT2D eigenvalue weighted by molar-refractivity contribution is -0.123. The molecular weight excluding hydrogens is 1550 g/mol. The summed E-state index contributed by atoms with van der Waals surface area (Å²) in [6.07, 6.45) is 20.1. The summed E-state index contributed by atoms with van der Waals surface area (Å²) in [6.45, 7) is 25.2. The first kappa shape index (κ1) is 115.